The van der Waals surface area contributed by atoms with Gasteiger partial charge in [0.15, 0.2) is 0 Å². The highest BCUT2D eigenvalue weighted by molar-refractivity contribution is 9.10. The van der Waals surface area contributed by atoms with E-state index in [2.05, 4.69) is 15.9 Å². The highest BCUT2D eigenvalue weighted by Gasteiger charge is 2.38. The second-order valence-corrected chi connectivity index (χ2v) is 8.98. The van der Waals surface area contributed by atoms with Crippen LogP contribution >= 0.6 is 39.9 Å². The van der Waals surface area contributed by atoms with E-state index in [0.29, 0.717) is 22.0 Å². The number of carboxylic acid groups (broad SMARTS) is 1. The van der Waals surface area contributed by atoms with E-state index in [9.17, 15) is 14.7 Å². The molecule has 1 aliphatic heterocycles. The van der Waals surface area contributed by atoms with E-state index < -0.39 is 17.9 Å². The molecule has 8 heteroatoms. The fraction of sp³-hybridized carbons (Fsp3) is 0.0455. The maximum atomic E-state index is 13.0. The summed E-state index contributed by atoms with van der Waals surface area (Å²) in [5.41, 5.74) is 1.32. The topological polar surface area (TPSA) is 73.6 Å². The predicted octanol–water partition coefficient (Wildman–Crippen LogP) is 4.40. The summed E-state index contributed by atoms with van der Waals surface area (Å²) < 4.78 is 6.95. The summed E-state index contributed by atoms with van der Waals surface area (Å²) in [6, 6.07) is 18.3. The van der Waals surface area contributed by atoms with Gasteiger partial charge in [-0.15, -0.1) is 0 Å². The Morgan fingerprint density at radius 2 is 1.80 bits per heavy atom. The van der Waals surface area contributed by atoms with Gasteiger partial charge < -0.3 is 14.3 Å². The van der Waals surface area contributed by atoms with Gasteiger partial charge in [0, 0.05) is 16.1 Å². The summed E-state index contributed by atoms with van der Waals surface area (Å²) in [5.74, 6) is -0.766. The second-order valence-electron chi connectivity index (χ2n) is 6.39. The van der Waals surface area contributed by atoms with Crippen molar-refractivity contribution in [1.82, 2.24) is 4.90 Å². The quantitative estimate of drug-likeness (QED) is 0.383. The van der Waals surface area contributed by atoms with Gasteiger partial charge in [-0.3, -0.25) is 9.69 Å². The molecule has 1 unspecified atom stereocenters. The Balaban J connectivity index is 1.62. The molecule has 2 aromatic carbocycles. The maximum absolute atomic E-state index is 13.0. The predicted molar refractivity (Wildman–Crippen MR) is 121 cm³/mol. The van der Waals surface area contributed by atoms with E-state index in [0.717, 1.165) is 26.7 Å². The summed E-state index contributed by atoms with van der Waals surface area (Å²) in [6.07, 6.45) is 1.57. The zero-order valence-corrected chi connectivity index (χ0v) is 18.5. The number of nitrogens with zero attached hydrogens (tertiary/aromatic N) is 1. The first kappa shape index (κ1) is 20.6. The lowest BCUT2D eigenvalue weighted by Gasteiger charge is -2.27. The Kier molecular flexibility index (Phi) is 5.90. The molecule has 1 saturated heterocycles. The van der Waals surface area contributed by atoms with Crippen molar-refractivity contribution in [3.8, 4) is 11.3 Å². The summed E-state index contributed by atoms with van der Waals surface area (Å²) in [6.45, 7) is 0. The van der Waals surface area contributed by atoms with Crippen LogP contribution in [-0.2, 0) is 9.59 Å². The Hall–Kier alpha value is -2.68. The summed E-state index contributed by atoms with van der Waals surface area (Å²) in [4.78, 5) is 26.1. The fourth-order valence-corrected chi connectivity index (χ4v) is 4.61. The van der Waals surface area contributed by atoms with Crippen LogP contribution in [0.15, 0.2) is 80.5 Å². The Morgan fingerprint density at radius 3 is 2.47 bits per heavy atom. The molecule has 150 valence electrons. The van der Waals surface area contributed by atoms with Crippen molar-refractivity contribution >= 4 is 62.2 Å². The van der Waals surface area contributed by atoms with E-state index in [1.165, 1.54) is 0 Å². The minimum atomic E-state index is -1.39. The summed E-state index contributed by atoms with van der Waals surface area (Å²) >= 11 is 9.73. The fourth-order valence-electron chi connectivity index (χ4n) is 3.06. The molecule has 2 heterocycles. The first-order valence-corrected chi connectivity index (χ1v) is 10.8. The van der Waals surface area contributed by atoms with Gasteiger partial charge in [0.2, 0.25) is 0 Å². The van der Waals surface area contributed by atoms with E-state index in [1.54, 1.807) is 42.5 Å². The van der Waals surface area contributed by atoms with E-state index >= 15 is 0 Å². The average Bonchev–Trinajstić information content (AvgIpc) is 3.30. The highest BCUT2D eigenvalue weighted by Crippen LogP contribution is 2.38. The third-order valence-corrected chi connectivity index (χ3v) is 6.31. The number of carbonyl (C=O) groups excluding carboxylic acids is 2. The average molecular weight is 499 g/mol. The van der Waals surface area contributed by atoms with Gasteiger partial charge in [0.25, 0.3) is 5.91 Å². The third-order valence-electron chi connectivity index (χ3n) is 4.45. The number of benzene rings is 2. The van der Waals surface area contributed by atoms with E-state index in [4.69, 9.17) is 16.6 Å². The standard InChI is InChI=1S/C22H14BrNO4S2/c23-15-8-6-13(7-9-15)17-11-10-16(28-17)12-18-20(25)24(22(29)30-18)19(21(26)27)14-4-2-1-3-5-14/h1-12,19H,(H,26,27)/p-1. The first-order chi connectivity index (χ1) is 14.4. The van der Waals surface area contributed by atoms with Crippen molar-refractivity contribution in [1.29, 1.82) is 0 Å². The largest absolute Gasteiger partial charge is 0.547 e. The van der Waals surface area contributed by atoms with Gasteiger partial charge >= 0.3 is 0 Å². The van der Waals surface area contributed by atoms with Crippen LogP contribution in [-0.4, -0.2) is 21.1 Å². The summed E-state index contributed by atoms with van der Waals surface area (Å²) in [5, 5.41) is 11.8. The smallest absolute Gasteiger partial charge is 0.267 e. The number of hydrogen-bond acceptors (Lipinski definition) is 6. The number of halogens is 1. The van der Waals surface area contributed by atoms with Crippen LogP contribution in [0.3, 0.4) is 0 Å². The zero-order chi connectivity index (χ0) is 21.3. The van der Waals surface area contributed by atoms with Gasteiger partial charge in [-0.1, -0.05) is 82.4 Å². The molecule has 5 nitrogen and oxygen atoms in total. The molecule has 4 rings (SSSR count). The Labute approximate surface area is 190 Å². The molecule has 1 aromatic heterocycles. The van der Waals surface area contributed by atoms with Crippen molar-refractivity contribution in [3.63, 3.8) is 0 Å². The number of carboxylic acids is 1. The number of amides is 1. The minimum Gasteiger partial charge on any atom is -0.547 e. The molecule has 30 heavy (non-hydrogen) atoms. The van der Waals surface area contributed by atoms with Crippen LogP contribution in [0.1, 0.15) is 17.4 Å². The molecule has 1 fully saturated rings. The normalized spacial score (nSPS) is 16.3. The number of thioether (sulfide) groups is 1. The lowest BCUT2D eigenvalue weighted by Crippen LogP contribution is -2.43. The third kappa shape index (κ3) is 4.12. The number of rotatable bonds is 5. The molecule has 0 aliphatic carbocycles. The van der Waals surface area contributed by atoms with Gasteiger partial charge in [-0.2, -0.15) is 0 Å². The van der Waals surface area contributed by atoms with E-state index in [-0.39, 0.29) is 4.32 Å². The van der Waals surface area contributed by atoms with Crippen LogP contribution in [0.2, 0.25) is 0 Å². The molecule has 1 atom stereocenters. The SMILES string of the molecule is O=C([O-])C(c1ccccc1)N1C(=O)C(=Cc2ccc(-c3ccc(Br)cc3)o2)SC1=S. The molecule has 0 bridgehead atoms. The second kappa shape index (κ2) is 8.59. The van der Waals surface area contributed by atoms with Gasteiger partial charge in [0.05, 0.1) is 10.9 Å². The van der Waals surface area contributed by atoms with Crippen LogP contribution in [0.25, 0.3) is 17.4 Å². The number of aliphatic carboxylic acids is 1. The molecule has 1 aliphatic rings. The summed E-state index contributed by atoms with van der Waals surface area (Å²) in [7, 11) is 0. The van der Waals surface area contributed by atoms with Crippen LogP contribution in [0.4, 0.5) is 0 Å². The molecular weight excluding hydrogens is 486 g/mol. The molecule has 0 spiro atoms. The zero-order valence-electron chi connectivity index (χ0n) is 15.3. The maximum Gasteiger partial charge on any atom is 0.267 e. The number of carbonyl (C=O) groups is 2. The number of furan rings is 1. The van der Waals surface area contributed by atoms with Crippen molar-refractivity contribution in [2.24, 2.45) is 0 Å². The number of hydrogen-bond donors (Lipinski definition) is 0. The van der Waals surface area contributed by atoms with Gasteiger partial charge in [0.1, 0.15) is 21.9 Å². The molecule has 0 saturated carbocycles. The molecular formula is C22H13BrNO4S2-. The first-order valence-electron chi connectivity index (χ1n) is 8.82. The molecule has 3 aromatic rings. The van der Waals surface area contributed by atoms with Gasteiger partial charge in [-0.25, -0.2) is 0 Å². The number of thiocarbonyl (C=S) groups is 1. The molecule has 1 amide bonds. The van der Waals surface area contributed by atoms with Crippen LogP contribution in [0.5, 0.6) is 0 Å². The van der Waals surface area contributed by atoms with E-state index in [1.807, 2.05) is 30.3 Å². The van der Waals surface area contributed by atoms with Crippen molar-refractivity contribution in [2.75, 3.05) is 0 Å². The minimum absolute atomic E-state index is 0.156. The lowest BCUT2D eigenvalue weighted by atomic mass is 10.1. The lowest BCUT2D eigenvalue weighted by molar-refractivity contribution is -0.310. The van der Waals surface area contributed by atoms with Crippen molar-refractivity contribution in [3.05, 3.63) is 87.4 Å². The van der Waals surface area contributed by atoms with Crippen molar-refractivity contribution < 1.29 is 19.1 Å². The van der Waals surface area contributed by atoms with Crippen molar-refractivity contribution in [2.45, 2.75) is 6.04 Å². The Morgan fingerprint density at radius 1 is 1.10 bits per heavy atom. The van der Waals surface area contributed by atoms with Gasteiger partial charge in [-0.05, 0) is 29.8 Å². The molecule has 0 N–H and O–H groups in total. The van der Waals surface area contributed by atoms with Crippen LogP contribution in [0, 0.1) is 0 Å². The van der Waals surface area contributed by atoms with Crippen LogP contribution < -0.4 is 5.11 Å². The molecule has 0 radical (unpaired) electrons. The Bertz CT molecular complexity index is 1160. The highest BCUT2D eigenvalue weighted by atomic mass is 79.9. The monoisotopic (exact) mass is 498 g/mol.